The van der Waals surface area contributed by atoms with Gasteiger partial charge in [-0.15, -0.1) is 24.8 Å². The Morgan fingerprint density at radius 1 is 0.950 bits per heavy atom. The van der Waals surface area contributed by atoms with Crippen LogP contribution in [-0.4, -0.2) is 6.36 Å². The predicted molar refractivity (Wildman–Crippen MR) is 68.1 cm³/mol. The smallest absolute Gasteiger partial charge is 0.406 e. The van der Waals surface area contributed by atoms with Crippen molar-refractivity contribution in [3.8, 4) is 16.9 Å². The van der Waals surface area contributed by atoms with Gasteiger partial charge in [0.2, 0.25) is 0 Å². The van der Waals surface area contributed by atoms with Crippen molar-refractivity contribution in [2.45, 2.75) is 12.2 Å². The first-order chi connectivity index (χ1) is 9.39. The molecule has 106 valence electrons. The van der Waals surface area contributed by atoms with E-state index in [9.17, 15) is 17.6 Å². The molecule has 0 fully saturated rings. The summed E-state index contributed by atoms with van der Waals surface area (Å²) >= 11 is 5.60. The minimum atomic E-state index is -4.72. The molecule has 0 saturated carbocycles. The van der Waals surface area contributed by atoms with Crippen LogP contribution >= 0.6 is 11.6 Å². The number of ether oxygens (including phenoxy) is 1. The Morgan fingerprint density at radius 2 is 1.55 bits per heavy atom. The summed E-state index contributed by atoms with van der Waals surface area (Å²) in [6.07, 6.45) is -4.72. The van der Waals surface area contributed by atoms with Crippen molar-refractivity contribution in [1.29, 1.82) is 0 Å². The van der Waals surface area contributed by atoms with E-state index in [1.54, 1.807) is 6.07 Å². The van der Waals surface area contributed by atoms with Gasteiger partial charge in [-0.2, -0.15) is 0 Å². The summed E-state index contributed by atoms with van der Waals surface area (Å²) in [5, 5.41) is 0. The van der Waals surface area contributed by atoms with Crippen LogP contribution in [0, 0.1) is 5.82 Å². The van der Waals surface area contributed by atoms with Crippen LogP contribution in [0.3, 0.4) is 0 Å². The summed E-state index contributed by atoms with van der Waals surface area (Å²) < 4.78 is 53.2. The zero-order valence-corrected chi connectivity index (χ0v) is 10.8. The summed E-state index contributed by atoms with van der Waals surface area (Å²) in [6, 6.07) is 9.69. The van der Waals surface area contributed by atoms with Crippen molar-refractivity contribution in [2.75, 3.05) is 0 Å². The van der Waals surface area contributed by atoms with E-state index < -0.39 is 12.2 Å². The molecule has 0 N–H and O–H groups in total. The van der Waals surface area contributed by atoms with Gasteiger partial charge in [0.05, 0.1) is 5.88 Å². The van der Waals surface area contributed by atoms with Gasteiger partial charge in [-0.05, 0) is 35.4 Å². The summed E-state index contributed by atoms with van der Waals surface area (Å²) in [7, 11) is 0. The molecule has 0 aliphatic heterocycles. The third-order valence-corrected chi connectivity index (χ3v) is 2.90. The largest absolute Gasteiger partial charge is 0.573 e. The second kappa shape index (κ2) is 5.71. The monoisotopic (exact) mass is 304 g/mol. The molecular formula is C14H9ClF4O. The van der Waals surface area contributed by atoms with E-state index >= 15 is 0 Å². The Kier molecular flexibility index (Phi) is 4.18. The van der Waals surface area contributed by atoms with Crippen LogP contribution in [-0.2, 0) is 5.88 Å². The van der Waals surface area contributed by atoms with Crippen molar-refractivity contribution >= 4 is 11.6 Å². The van der Waals surface area contributed by atoms with Crippen LogP contribution in [0.15, 0.2) is 42.5 Å². The van der Waals surface area contributed by atoms with Gasteiger partial charge in [-0.1, -0.05) is 18.2 Å². The number of hydrogen-bond acceptors (Lipinski definition) is 1. The maximum atomic E-state index is 13.3. The van der Waals surface area contributed by atoms with E-state index in [4.69, 9.17) is 11.6 Å². The molecule has 0 aliphatic rings. The maximum absolute atomic E-state index is 13.3. The highest BCUT2D eigenvalue weighted by Gasteiger charge is 2.30. The highest BCUT2D eigenvalue weighted by molar-refractivity contribution is 6.17. The third kappa shape index (κ3) is 3.63. The summed E-state index contributed by atoms with van der Waals surface area (Å²) in [4.78, 5) is 0. The number of benzene rings is 2. The average Bonchev–Trinajstić information content (AvgIpc) is 2.38. The highest BCUT2D eigenvalue weighted by Crippen LogP contribution is 2.27. The van der Waals surface area contributed by atoms with E-state index in [2.05, 4.69) is 4.74 Å². The molecule has 20 heavy (non-hydrogen) atoms. The fraction of sp³-hybridized carbons (Fsp3) is 0.143. The van der Waals surface area contributed by atoms with Crippen molar-refractivity contribution in [3.05, 3.63) is 53.8 Å². The fourth-order valence-electron chi connectivity index (χ4n) is 1.71. The molecule has 2 aromatic rings. The highest BCUT2D eigenvalue weighted by atomic mass is 35.5. The summed E-state index contributed by atoms with van der Waals surface area (Å²) in [5.41, 5.74) is 1.64. The molecule has 1 nitrogen and oxygen atoms in total. The molecule has 0 heterocycles. The number of hydrogen-bond donors (Lipinski definition) is 0. The molecule has 0 aliphatic carbocycles. The lowest BCUT2D eigenvalue weighted by atomic mass is 10.0. The first-order valence-electron chi connectivity index (χ1n) is 5.59. The molecule has 6 heteroatoms. The van der Waals surface area contributed by atoms with E-state index in [0.717, 1.165) is 0 Å². The second-order valence-electron chi connectivity index (χ2n) is 4.01. The molecule has 0 saturated heterocycles. The maximum Gasteiger partial charge on any atom is 0.573 e. The Labute approximate surface area is 117 Å². The molecule has 2 rings (SSSR count). The zero-order valence-electron chi connectivity index (χ0n) is 10.0. The number of halogens is 5. The quantitative estimate of drug-likeness (QED) is 0.564. The van der Waals surface area contributed by atoms with Gasteiger partial charge in [0.15, 0.2) is 0 Å². The predicted octanol–water partition coefficient (Wildman–Crippen LogP) is 5.13. The molecule has 0 atom stereocenters. The summed E-state index contributed by atoms with van der Waals surface area (Å²) in [5.74, 6) is -0.698. The second-order valence-corrected chi connectivity index (χ2v) is 4.28. The van der Waals surface area contributed by atoms with Crippen LogP contribution in [0.5, 0.6) is 5.75 Å². The van der Waals surface area contributed by atoms with Gasteiger partial charge < -0.3 is 4.74 Å². The Hall–Kier alpha value is -1.75. The van der Waals surface area contributed by atoms with Crippen molar-refractivity contribution in [1.82, 2.24) is 0 Å². The van der Waals surface area contributed by atoms with Crippen LogP contribution in [0.2, 0.25) is 0 Å². The van der Waals surface area contributed by atoms with Gasteiger partial charge in [-0.25, -0.2) is 4.39 Å². The Morgan fingerprint density at radius 3 is 2.10 bits per heavy atom. The van der Waals surface area contributed by atoms with E-state index in [1.165, 1.54) is 36.4 Å². The standard InChI is InChI=1S/C14H9ClF4O/c15-8-11-7-10(3-6-13(11)16)9-1-4-12(5-2-9)20-14(17,18)19/h1-7H,8H2. The van der Waals surface area contributed by atoms with E-state index in [-0.39, 0.29) is 11.6 Å². The lowest BCUT2D eigenvalue weighted by Gasteiger charge is -2.10. The van der Waals surface area contributed by atoms with Crippen molar-refractivity contribution in [2.24, 2.45) is 0 Å². The Bertz CT molecular complexity index is 593. The van der Waals surface area contributed by atoms with Gasteiger partial charge in [0, 0.05) is 5.56 Å². The molecule has 0 unspecified atom stereocenters. The minimum Gasteiger partial charge on any atom is -0.406 e. The third-order valence-electron chi connectivity index (χ3n) is 2.61. The van der Waals surface area contributed by atoms with Gasteiger partial charge in [0.25, 0.3) is 0 Å². The molecule has 2 aromatic carbocycles. The Balaban J connectivity index is 2.26. The van der Waals surface area contributed by atoms with Crippen molar-refractivity contribution < 1.29 is 22.3 Å². The van der Waals surface area contributed by atoms with Crippen LogP contribution in [0.25, 0.3) is 11.1 Å². The van der Waals surface area contributed by atoms with E-state index in [1.807, 2.05) is 0 Å². The molecule has 0 aromatic heterocycles. The van der Waals surface area contributed by atoms with Gasteiger partial charge in [0.1, 0.15) is 11.6 Å². The molecule has 0 amide bonds. The van der Waals surface area contributed by atoms with Gasteiger partial charge in [-0.3, -0.25) is 0 Å². The first kappa shape index (κ1) is 14.7. The topological polar surface area (TPSA) is 9.23 Å². The molecule has 0 bridgehead atoms. The van der Waals surface area contributed by atoms with Crippen LogP contribution in [0.4, 0.5) is 17.6 Å². The first-order valence-corrected chi connectivity index (χ1v) is 6.13. The van der Waals surface area contributed by atoms with Gasteiger partial charge >= 0.3 is 6.36 Å². The van der Waals surface area contributed by atoms with Crippen LogP contribution < -0.4 is 4.74 Å². The normalized spacial score (nSPS) is 11.4. The fourth-order valence-corrected chi connectivity index (χ4v) is 1.91. The number of alkyl halides is 4. The molecular weight excluding hydrogens is 296 g/mol. The SMILES string of the molecule is Fc1ccc(-c2ccc(OC(F)(F)F)cc2)cc1CCl. The summed E-state index contributed by atoms with van der Waals surface area (Å²) in [6.45, 7) is 0. The zero-order chi connectivity index (χ0) is 14.8. The average molecular weight is 305 g/mol. The lowest BCUT2D eigenvalue weighted by molar-refractivity contribution is -0.274. The van der Waals surface area contributed by atoms with Crippen molar-refractivity contribution in [3.63, 3.8) is 0 Å². The molecule has 0 spiro atoms. The number of rotatable bonds is 3. The van der Waals surface area contributed by atoms with Crippen LogP contribution in [0.1, 0.15) is 5.56 Å². The lowest BCUT2D eigenvalue weighted by Crippen LogP contribution is -2.16. The van der Waals surface area contributed by atoms with E-state index in [0.29, 0.717) is 16.7 Å². The molecule has 0 radical (unpaired) electrons. The minimum absolute atomic E-state index is 0.0228.